The summed E-state index contributed by atoms with van der Waals surface area (Å²) in [4.78, 5) is 73.0. The van der Waals surface area contributed by atoms with Crippen LogP contribution in [0.2, 0.25) is 0 Å². The average Bonchev–Trinajstić information content (AvgIpc) is 0.909. The normalized spacial score (nSPS) is 14.2. The van der Waals surface area contributed by atoms with Crippen molar-refractivity contribution in [2.45, 2.75) is 452 Å². The third kappa shape index (κ3) is 74.9. The Morgan fingerprint density at radius 2 is 0.500 bits per heavy atom. The van der Waals surface area contributed by atoms with E-state index in [2.05, 4.69) is 48.5 Å². The van der Waals surface area contributed by atoms with Gasteiger partial charge in [0.2, 0.25) is 0 Å². The van der Waals surface area contributed by atoms with Crippen LogP contribution < -0.4 is 0 Å². The lowest BCUT2D eigenvalue weighted by Crippen LogP contribution is -2.30. The molecular weight excluding hydrogens is 1330 g/mol. The molecule has 0 aliphatic rings. The SMILES string of the molecule is CCCCCCCCCCCCCCCCCCCCC(=O)OC[C@H](COP(=O)(O)OC[C@@H](O)COP(=O)(O)OC[C@@H](COC(=O)CCCCCCCCC(C)C)OC(=O)CCCCCCCCCCCCC(C)CC)OC(=O)CCCCCCCCCCCCCCCCCCCCC(C)C. The van der Waals surface area contributed by atoms with Gasteiger partial charge in [0, 0.05) is 25.7 Å². The number of aliphatic hydroxyl groups excluding tert-OH is 1. The maximum Gasteiger partial charge on any atom is 0.472 e. The summed E-state index contributed by atoms with van der Waals surface area (Å²) in [6.07, 6.45) is 62.7. The quantitative estimate of drug-likeness (QED) is 0.0222. The number of phosphoric acid groups is 2. The number of hydrogen-bond acceptors (Lipinski definition) is 15. The van der Waals surface area contributed by atoms with Crippen LogP contribution in [0.25, 0.3) is 0 Å². The summed E-state index contributed by atoms with van der Waals surface area (Å²) in [5.74, 6) is 0.191. The first-order valence-electron chi connectivity index (χ1n) is 42.9. The summed E-state index contributed by atoms with van der Waals surface area (Å²) in [5, 5.41) is 10.6. The molecule has 17 nitrogen and oxygen atoms in total. The standard InChI is InChI=1S/C83H162O17P2/c1-8-10-11-12-13-14-15-16-17-18-22-25-28-31-37-42-50-57-64-80(85)93-70-78(99-82(87)66-59-52-43-38-32-29-26-23-20-19-21-24-27-30-35-40-47-54-61-74(3)4)72-97-101(89,90)95-68-77(84)69-96-102(91,92)98-73-79(71-94-81(86)65-58-51-46-45-48-55-62-75(5)6)100-83(88)67-60-53-44-39-34-33-36-41-49-56-63-76(7)9-2/h74-79,84H,8-73H2,1-7H3,(H,89,90)(H,91,92)/t76?,77-,78-,79-/m1/s1. The van der Waals surface area contributed by atoms with E-state index >= 15 is 0 Å². The molecule has 19 heteroatoms. The predicted octanol–water partition coefficient (Wildman–Crippen LogP) is 24.9. The summed E-state index contributed by atoms with van der Waals surface area (Å²) in [7, 11) is -9.92. The van der Waals surface area contributed by atoms with Crippen LogP contribution in [0.3, 0.4) is 0 Å². The van der Waals surface area contributed by atoms with E-state index < -0.39 is 97.5 Å². The van der Waals surface area contributed by atoms with Gasteiger partial charge in [-0.2, -0.15) is 0 Å². The van der Waals surface area contributed by atoms with E-state index in [4.69, 9.17) is 37.0 Å². The largest absolute Gasteiger partial charge is 0.472 e. The van der Waals surface area contributed by atoms with Gasteiger partial charge in [0.1, 0.15) is 19.3 Å². The van der Waals surface area contributed by atoms with E-state index in [1.54, 1.807) is 0 Å². The fourth-order valence-corrected chi connectivity index (χ4v) is 14.4. The van der Waals surface area contributed by atoms with Crippen molar-refractivity contribution in [2.75, 3.05) is 39.6 Å². The lowest BCUT2D eigenvalue weighted by molar-refractivity contribution is -0.161. The highest BCUT2D eigenvalue weighted by molar-refractivity contribution is 7.47. The van der Waals surface area contributed by atoms with Gasteiger partial charge in [0.05, 0.1) is 26.4 Å². The van der Waals surface area contributed by atoms with E-state index in [0.717, 1.165) is 108 Å². The molecule has 0 aliphatic heterocycles. The van der Waals surface area contributed by atoms with Crippen molar-refractivity contribution in [3.05, 3.63) is 0 Å². The molecule has 0 aromatic carbocycles. The molecule has 0 amide bonds. The zero-order valence-corrected chi connectivity index (χ0v) is 68.9. The summed E-state index contributed by atoms with van der Waals surface area (Å²) in [6.45, 7) is 11.9. The van der Waals surface area contributed by atoms with Crippen LogP contribution in [0.1, 0.15) is 434 Å². The highest BCUT2D eigenvalue weighted by atomic mass is 31.2. The van der Waals surface area contributed by atoms with Gasteiger partial charge in [-0.25, -0.2) is 9.13 Å². The average molecular weight is 1490 g/mol. The topological polar surface area (TPSA) is 237 Å². The Morgan fingerprint density at radius 3 is 0.745 bits per heavy atom. The molecule has 0 heterocycles. The maximum atomic E-state index is 13.1. The van der Waals surface area contributed by atoms with Crippen LogP contribution in [-0.2, 0) is 65.4 Å². The minimum Gasteiger partial charge on any atom is -0.462 e. The first kappa shape index (κ1) is 100. The second-order valence-electron chi connectivity index (χ2n) is 31.1. The molecule has 0 saturated carbocycles. The van der Waals surface area contributed by atoms with Crippen molar-refractivity contribution in [1.29, 1.82) is 0 Å². The molecule has 0 bridgehead atoms. The first-order chi connectivity index (χ1) is 49.3. The molecule has 3 N–H and O–H groups in total. The van der Waals surface area contributed by atoms with Gasteiger partial charge in [0.25, 0.3) is 0 Å². The number of phosphoric ester groups is 2. The van der Waals surface area contributed by atoms with Crippen LogP contribution in [0.15, 0.2) is 0 Å². The number of esters is 4. The zero-order valence-electron chi connectivity index (χ0n) is 67.1. The smallest absolute Gasteiger partial charge is 0.462 e. The van der Waals surface area contributed by atoms with Crippen LogP contribution in [0, 0.1) is 17.8 Å². The van der Waals surface area contributed by atoms with Crippen molar-refractivity contribution >= 4 is 39.5 Å². The number of ether oxygens (including phenoxy) is 4. The van der Waals surface area contributed by atoms with Gasteiger partial charge >= 0.3 is 39.5 Å². The van der Waals surface area contributed by atoms with Gasteiger partial charge in [-0.3, -0.25) is 37.3 Å². The third-order valence-electron chi connectivity index (χ3n) is 19.7. The summed E-state index contributed by atoms with van der Waals surface area (Å²) < 4.78 is 68.7. The second kappa shape index (κ2) is 73.2. The van der Waals surface area contributed by atoms with Gasteiger partial charge in [-0.05, 0) is 43.4 Å². The molecule has 0 rings (SSSR count). The van der Waals surface area contributed by atoms with Gasteiger partial charge in [-0.15, -0.1) is 0 Å². The molecule has 0 aromatic rings. The molecule has 102 heavy (non-hydrogen) atoms. The monoisotopic (exact) mass is 1490 g/mol. The predicted molar refractivity (Wildman–Crippen MR) is 418 cm³/mol. The number of carbonyl (C=O) groups is 4. The molecule has 0 saturated heterocycles. The Kier molecular flexibility index (Phi) is 71.8. The van der Waals surface area contributed by atoms with Gasteiger partial charge in [0.15, 0.2) is 12.2 Å². The number of hydrogen-bond donors (Lipinski definition) is 3. The minimum atomic E-state index is -4.96. The second-order valence-corrected chi connectivity index (χ2v) is 34.0. The number of unbranched alkanes of at least 4 members (excludes halogenated alkanes) is 48. The van der Waals surface area contributed by atoms with Crippen molar-refractivity contribution in [3.63, 3.8) is 0 Å². The lowest BCUT2D eigenvalue weighted by Gasteiger charge is -2.21. The Bertz CT molecular complexity index is 1980. The number of carbonyl (C=O) groups excluding carboxylic acids is 4. The van der Waals surface area contributed by atoms with Crippen molar-refractivity contribution in [2.24, 2.45) is 17.8 Å². The molecule has 0 aliphatic carbocycles. The van der Waals surface area contributed by atoms with Crippen molar-refractivity contribution in [3.8, 4) is 0 Å². The van der Waals surface area contributed by atoms with Gasteiger partial charge in [-0.1, -0.05) is 382 Å². The Labute approximate surface area is 626 Å². The molecule has 0 spiro atoms. The van der Waals surface area contributed by atoms with Crippen molar-refractivity contribution in [1.82, 2.24) is 0 Å². The summed E-state index contributed by atoms with van der Waals surface area (Å²) in [5.41, 5.74) is 0. The molecule has 0 aromatic heterocycles. The molecule has 0 radical (unpaired) electrons. The maximum absolute atomic E-state index is 13.1. The Balaban J connectivity index is 5.21. The summed E-state index contributed by atoms with van der Waals surface area (Å²) >= 11 is 0. The Hall–Kier alpha value is -1.94. The molecule has 3 unspecified atom stereocenters. The van der Waals surface area contributed by atoms with E-state index in [-0.39, 0.29) is 25.7 Å². The zero-order chi connectivity index (χ0) is 75.1. The number of rotatable bonds is 81. The van der Waals surface area contributed by atoms with Crippen LogP contribution in [-0.4, -0.2) is 96.7 Å². The van der Waals surface area contributed by atoms with E-state index in [9.17, 15) is 43.2 Å². The highest BCUT2D eigenvalue weighted by Crippen LogP contribution is 2.45. The first-order valence-corrected chi connectivity index (χ1v) is 45.9. The van der Waals surface area contributed by atoms with Crippen LogP contribution >= 0.6 is 15.6 Å². The summed E-state index contributed by atoms with van der Waals surface area (Å²) in [6, 6.07) is 0. The van der Waals surface area contributed by atoms with E-state index in [1.165, 1.54) is 238 Å². The highest BCUT2D eigenvalue weighted by Gasteiger charge is 2.30. The van der Waals surface area contributed by atoms with E-state index in [1.807, 2.05) is 0 Å². The van der Waals surface area contributed by atoms with Crippen LogP contribution in [0.4, 0.5) is 0 Å². The third-order valence-corrected chi connectivity index (χ3v) is 21.6. The molecule has 606 valence electrons. The number of aliphatic hydroxyl groups is 1. The van der Waals surface area contributed by atoms with E-state index in [0.29, 0.717) is 31.6 Å². The van der Waals surface area contributed by atoms with Gasteiger partial charge < -0.3 is 33.8 Å². The molecular formula is C83H162O17P2. The molecule has 6 atom stereocenters. The fourth-order valence-electron chi connectivity index (χ4n) is 12.8. The van der Waals surface area contributed by atoms with Crippen LogP contribution in [0.5, 0.6) is 0 Å². The Morgan fingerprint density at radius 1 is 0.284 bits per heavy atom. The minimum absolute atomic E-state index is 0.105. The fraction of sp³-hybridized carbons (Fsp3) is 0.952. The molecule has 0 fully saturated rings. The van der Waals surface area contributed by atoms with Crippen molar-refractivity contribution < 1.29 is 80.2 Å². The lowest BCUT2D eigenvalue weighted by atomic mass is 9.99.